The van der Waals surface area contributed by atoms with Crippen LogP contribution in [-0.2, 0) is 20.9 Å². The van der Waals surface area contributed by atoms with E-state index in [2.05, 4.69) is 21.7 Å². The summed E-state index contributed by atoms with van der Waals surface area (Å²) in [6.45, 7) is 4.84. The van der Waals surface area contributed by atoms with E-state index < -0.39 is 0 Å². The van der Waals surface area contributed by atoms with Gasteiger partial charge in [0.1, 0.15) is 0 Å². The molecule has 0 radical (unpaired) electrons. The van der Waals surface area contributed by atoms with Gasteiger partial charge in [-0.05, 0) is 35.2 Å². The molecule has 6 heteroatoms. The maximum Gasteiger partial charge on any atom is 0.250 e. The van der Waals surface area contributed by atoms with Crippen LogP contribution in [0.4, 0.5) is 0 Å². The maximum atomic E-state index is 12.8. The quantitative estimate of drug-likeness (QED) is 0.850. The lowest BCUT2D eigenvalue weighted by Gasteiger charge is -2.40. The van der Waals surface area contributed by atoms with Crippen molar-refractivity contribution in [3.63, 3.8) is 0 Å². The zero-order valence-electron chi connectivity index (χ0n) is 12.6. The van der Waals surface area contributed by atoms with Crippen LogP contribution in [-0.4, -0.2) is 54.8 Å². The number of carbonyl (C=O) groups is 1. The van der Waals surface area contributed by atoms with Crippen molar-refractivity contribution < 1.29 is 14.4 Å². The number of amides is 1. The molecule has 0 aromatic carbocycles. The van der Waals surface area contributed by atoms with Crippen LogP contribution in [0.15, 0.2) is 16.8 Å². The predicted molar refractivity (Wildman–Crippen MR) is 83.2 cm³/mol. The largest absolute Gasteiger partial charge is 0.377 e. The van der Waals surface area contributed by atoms with Gasteiger partial charge in [0.25, 0.3) is 5.91 Å². The second-order valence-electron chi connectivity index (χ2n) is 6.42. The van der Waals surface area contributed by atoms with E-state index in [1.807, 2.05) is 0 Å². The summed E-state index contributed by atoms with van der Waals surface area (Å²) < 4.78 is 5.90. The third-order valence-electron chi connectivity index (χ3n) is 4.97. The Bertz CT molecular complexity index is 515. The third kappa shape index (κ3) is 2.80. The molecule has 0 saturated carbocycles. The van der Waals surface area contributed by atoms with Crippen LogP contribution in [0.25, 0.3) is 0 Å². The van der Waals surface area contributed by atoms with Crippen LogP contribution in [0.2, 0.25) is 0 Å². The molecule has 3 aliphatic rings. The van der Waals surface area contributed by atoms with E-state index in [-0.39, 0.29) is 17.9 Å². The summed E-state index contributed by atoms with van der Waals surface area (Å²) in [7, 11) is 0. The average Bonchev–Trinajstić information content (AvgIpc) is 3.27. The van der Waals surface area contributed by atoms with Crippen LogP contribution in [0.1, 0.15) is 18.4 Å². The molecule has 4 rings (SSSR count). The SMILES string of the molecule is O=C([C@@H]1CN(Cc2ccsc2)C[C@@H]2OCC[C@@H]21)N1CCCO1. The fourth-order valence-electron chi connectivity index (χ4n) is 3.89. The summed E-state index contributed by atoms with van der Waals surface area (Å²) in [5.41, 5.74) is 1.32. The van der Waals surface area contributed by atoms with Gasteiger partial charge in [-0.2, -0.15) is 11.3 Å². The Labute approximate surface area is 134 Å². The molecule has 0 bridgehead atoms. The molecule has 3 fully saturated rings. The topological polar surface area (TPSA) is 42.0 Å². The second kappa shape index (κ2) is 6.28. The zero-order valence-corrected chi connectivity index (χ0v) is 13.5. The summed E-state index contributed by atoms with van der Waals surface area (Å²) in [4.78, 5) is 20.7. The van der Waals surface area contributed by atoms with Crippen molar-refractivity contribution in [2.75, 3.05) is 32.8 Å². The maximum absolute atomic E-state index is 12.8. The highest BCUT2D eigenvalue weighted by atomic mass is 32.1. The monoisotopic (exact) mass is 322 g/mol. The Morgan fingerprint density at radius 2 is 2.32 bits per heavy atom. The van der Waals surface area contributed by atoms with Crippen LogP contribution in [0.5, 0.6) is 0 Å². The molecule has 0 unspecified atom stereocenters. The summed E-state index contributed by atoms with van der Waals surface area (Å²) in [6.07, 6.45) is 2.15. The number of hydrogen-bond donors (Lipinski definition) is 0. The third-order valence-corrected chi connectivity index (χ3v) is 5.70. The molecule has 0 aliphatic carbocycles. The minimum atomic E-state index is 0.0120. The lowest BCUT2D eigenvalue weighted by atomic mass is 9.82. The van der Waals surface area contributed by atoms with E-state index in [0.717, 1.165) is 45.6 Å². The molecule has 22 heavy (non-hydrogen) atoms. The number of hydrogen-bond acceptors (Lipinski definition) is 5. The van der Waals surface area contributed by atoms with Gasteiger partial charge in [-0.15, -0.1) is 0 Å². The van der Waals surface area contributed by atoms with E-state index in [1.54, 1.807) is 16.4 Å². The van der Waals surface area contributed by atoms with Crippen molar-refractivity contribution in [3.05, 3.63) is 22.4 Å². The van der Waals surface area contributed by atoms with E-state index in [4.69, 9.17) is 9.57 Å². The summed E-state index contributed by atoms with van der Waals surface area (Å²) in [5.74, 6) is 0.529. The standard InChI is InChI=1S/C16H22N2O3S/c19-16(18-4-1-5-21-18)14-9-17(8-12-3-7-22-11-12)10-15-13(14)2-6-20-15/h3,7,11,13-15H,1-2,4-6,8-10H2/t13-,14-,15+/m1/s1. The normalized spacial score (nSPS) is 32.4. The van der Waals surface area contributed by atoms with Gasteiger partial charge in [0.05, 0.1) is 25.2 Å². The van der Waals surface area contributed by atoms with E-state index in [1.165, 1.54) is 5.56 Å². The van der Waals surface area contributed by atoms with E-state index in [0.29, 0.717) is 12.5 Å². The highest BCUT2D eigenvalue weighted by molar-refractivity contribution is 7.07. The second-order valence-corrected chi connectivity index (χ2v) is 7.20. The molecule has 1 aromatic heterocycles. The molecular weight excluding hydrogens is 300 g/mol. The number of rotatable bonds is 3. The number of nitrogens with zero attached hydrogens (tertiary/aromatic N) is 2. The molecule has 0 spiro atoms. The number of likely N-dealkylation sites (tertiary alicyclic amines) is 1. The summed E-state index contributed by atoms with van der Waals surface area (Å²) >= 11 is 1.72. The van der Waals surface area contributed by atoms with Crippen molar-refractivity contribution in [2.45, 2.75) is 25.5 Å². The van der Waals surface area contributed by atoms with Crippen LogP contribution in [0.3, 0.4) is 0 Å². The zero-order chi connectivity index (χ0) is 14.9. The van der Waals surface area contributed by atoms with Crippen LogP contribution >= 0.6 is 11.3 Å². The minimum absolute atomic E-state index is 0.0120. The molecule has 5 nitrogen and oxygen atoms in total. The Balaban J connectivity index is 1.49. The van der Waals surface area contributed by atoms with Crippen LogP contribution in [0, 0.1) is 11.8 Å². The number of fused-ring (bicyclic) bond motifs is 1. The molecule has 120 valence electrons. The molecule has 3 atom stereocenters. The van der Waals surface area contributed by atoms with Crippen molar-refractivity contribution in [1.82, 2.24) is 9.96 Å². The molecule has 3 saturated heterocycles. The Kier molecular flexibility index (Phi) is 4.17. The number of ether oxygens (including phenoxy) is 1. The highest BCUT2D eigenvalue weighted by Gasteiger charge is 2.45. The van der Waals surface area contributed by atoms with Gasteiger partial charge in [-0.3, -0.25) is 14.5 Å². The number of thiophene rings is 1. The first-order valence-corrected chi connectivity index (χ1v) is 9.05. The van der Waals surface area contributed by atoms with Gasteiger partial charge in [-0.25, -0.2) is 5.06 Å². The van der Waals surface area contributed by atoms with E-state index >= 15 is 0 Å². The Hall–Kier alpha value is -0.950. The first-order chi connectivity index (χ1) is 10.8. The van der Waals surface area contributed by atoms with Crippen molar-refractivity contribution in [2.24, 2.45) is 11.8 Å². The van der Waals surface area contributed by atoms with Crippen molar-refractivity contribution in [1.29, 1.82) is 0 Å². The predicted octanol–water partition coefficient (Wildman–Crippen LogP) is 1.75. The van der Waals surface area contributed by atoms with Gasteiger partial charge in [-0.1, -0.05) is 0 Å². The molecule has 1 amide bonds. The minimum Gasteiger partial charge on any atom is -0.377 e. The molecule has 0 N–H and O–H groups in total. The lowest BCUT2D eigenvalue weighted by molar-refractivity contribution is -0.179. The van der Waals surface area contributed by atoms with Gasteiger partial charge in [0.15, 0.2) is 0 Å². The van der Waals surface area contributed by atoms with E-state index in [9.17, 15) is 4.79 Å². The number of carbonyl (C=O) groups excluding carboxylic acids is 1. The Morgan fingerprint density at radius 3 is 3.09 bits per heavy atom. The van der Waals surface area contributed by atoms with Gasteiger partial charge >= 0.3 is 0 Å². The smallest absolute Gasteiger partial charge is 0.250 e. The van der Waals surface area contributed by atoms with Gasteiger partial charge in [0.2, 0.25) is 0 Å². The highest BCUT2D eigenvalue weighted by Crippen LogP contribution is 2.35. The fraction of sp³-hybridized carbons (Fsp3) is 0.688. The van der Waals surface area contributed by atoms with Crippen molar-refractivity contribution in [3.8, 4) is 0 Å². The molecular formula is C16H22N2O3S. The van der Waals surface area contributed by atoms with Crippen molar-refractivity contribution >= 4 is 17.2 Å². The molecule has 4 heterocycles. The fourth-order valence-corrected chi connectivity index (χ4v) is 4.55. The number of hydroxylamine groups is 2. The first-order valence-electron chi connectivity index (χ1n) is 8.10. The summed E-state index contributed by atoms with van der Waals surface area (Å²) in [6, 6.07) is 2.16. The van der Waals surface area contributed by atoms with Gasteiger partial charge < -0.3 is 4.74 Å². The average molecular weight is 322 g/mol. The Morgan fingerprint density at radius 1 is 1.36 bits per heavy atom. The summed E-state index contributed by atoms with van der Waals surface area (Å²) in [5, 5.41) is 5.88. The first kappa shape index (κ1) is 14.6. The molecule has 1 aromatic rings. The van der Waals surface area contributed by atoms with Gasteiger partial charge in [0, 0.05) is 32.2 Å². The van der Waals surface area contributed by atoms with Crippen LogP contribution < -0.4 is 0 Å². The molecule has 3 aliphatic heterocycles. The lowest BCUT2D eigenvalue weighted by Crippen LogP contribution is -2.52. The number of piperidine rings is 1.